The van der Waals surface area contributed by atoms with Crippen LogP contribution in [0, 0.1) is 6.92 Å². The summed E-state index contributed by atoms with van der Waals surface area (Å²) in [7, 11) is 0. The molecule has 2 aromatic rings. The van der Waals surface area contributed by atoms with Gasteiger partial charge in [0.2, 0.25) is 0 Å². The van der Waals surface area contributed by atoms with Crippen molar-refractivity contribution in [3.8, 4) is 0 Å². The number of aromatic amines is 1. The Morgan fingerprint density at radius 1 is 1.35 bits per heavy atom. The molecule has 0 atom stereocenters. The Labute approximate surface area is 102 Å². The van der Waals surface area contributed by atoms with E-state index >= 15 is 0 Å². The molecule has 2 rings (SSSR count). The summed E-state index contributed by atoms with van der Waals surface area (Å²) in [5, 5.41) is 11.6. The van der Waals surface area contributed by atoms with Gasteiger partial charge >= 0.3 is 0 Å². The van der Waals surface area contributed by atoms with E-state index < -0.39 is 0 Å². The molecular formula is C13H20N4. The van der Waals surface area contributed by atoms with Crippen molar-refractivity contribution >= 4 is 11.0 Å². The van der Waals surface area contributed by atoms with E-state index in [1.54, 1.807) is 0 Å². The molecule has 0 bridgehead atoms. The highest BCUT2D eigenvalue weighted by Crippen LogP contribution is 2.16. The van der Waals surface area contributed by atoms with Gasteiger partial charge in [0, 0.05) is 16.6 Å². The summed E-state index contributed by atoms with van der Waals surface area (Å²) in [6, 6.07) is 2.14. The summed E-state index contributed by atoms with van der Waals surface area (Å²) in [5.41, 5.74) is 3.39. The van der Waals surface area contributed by atoms with E-state index in [1.165, 1.54) is 5.56 Å². The summed E-state index contributed by atoms with van der Waals surface area (Å²) >= 11 is 0. The zero-order chi connectivity index (χ0) is 12.5. The predicted octanol–water partition coefficient (Wildman–Crippen LogP) is 2.20. The zero-order valence-electron chi connectivity index (χ0n) is 11.0. The second-order valence-corrected chi connectivity index (χ2v) is 5.48. The molecule has 0 spiro atoms. The van der Waals surface area contributed by atoms with Gasteiger partial charge in [0.15, 0.2) is 5.65 Å². The van der Waals surface area contributed by atoms with Crippen molar-refractivity contribution in [1.82, 2.24) is 20.5 Å². The molecule has 0 aliphatic rings. The molecule has 0 saturated heterocycles. The number of pyridine rings is 1. The lowest BCUT2D eigenvalue weighted by Crippen LogP contribution is -2.37. The highest BCUT2D eigenvalue weighted by atomic mass is 15.1. The molecule has 17 heavy (non-hydrogen) atoms. The number of H-pyrrole nitrogens is 1. The van der Waals surface area contributed by atoms with Crippen molar-refractivity contribution < 1.29 is 0 Å². The maximum Gasteiger partial charge on any atom is 0.155 e. The fourth-order valence-electron chi connectivity index (χ4n) is 1.92. The normalized spacial score (nSPS) is 12.2. The third kappa shape index (κ3) is 3.03. The summed E-state index contributed by atoms with van der Waals surface area (Å²) in [6.45, 7) is 9.52. The summed E-state index contributed by atoms with van der Waals surface area (Å²) in [6.07, 6.45) is 2.85. The molecule has 2 heterocycles. The number of rotatable bonds is 3. The van der Waals surface area contributed by atoms with Gasteiger partial charge in [-0.1, -0.05) is 0 Å². The molecule has 92 valence electrons. The van der Waals surface area contributed by atoms with Crippen molar-refractivity contribution in [1.29, 1.82) is 0 Å². The summed E-state index contributed by atoms with van der Waals surface area (Å²) in [5.74, 6) is 0. The Bertz CT molecular complexity index is 508. The first kappa shape index (κ1) is 12.0. The van der Waals surface area contributed by atoms with Crippen LogP contribution in [0.15, 0.2) is 12.3 Å². The van der Waals surface area contributed by atoms with Gasteiger partial charge in [-0.2, -0.15) is 5.10 Å². The van der Waals surface area contributed by atoms with Crippen LogP contribution in [0.1, 0.15) is 32.0 Å². The SMILES string of the molecule is Cc1cc(CCNC(C)(C)C)c2cn[nH]c2n1. The number of aryl methyl sites for hydroxylation is 1. The third-order valence-corrected chi connectivity index (χ3v) is 2.69. The number of nitrogens with one attached hydrogen (secondary N) is 2. The van der Waals surface area contributed by atoms with Crippen LogP contribution in [0.5, 0.6) is 0 Å². The van der Waals surface area contributed by atoms with E-state index in [0.717, 1.165) is 29.7 Å². The minimum atomic E-state index is 0.164. The molecule has 2 aromatic heterocycles. The van der Waals surface area contributed by atoms with Gasteiger partial charge in [-0.3, -0.25) is 5.10 Å². The monoisotopic (exact) mass is 232 g/mol. The van der Waals surface area contributed by atoms with Crippen molar-refractivity contribution in [3.63, 3.8) is 0 Å². The van der Waals surface area contributed by atoms with E-state index in [4.69, 9.17) is 0 Å². The molecular weight excluding hydrogens is 212 g/mol. The van der Waals surface area contributed by atoms with E-state index in [-0.39, 0.29) is 5.54 Å². The van der Waals surface area contributed by atoms with Gasteiger partial charge in [-0.05, 0) is 52.3 Å². The quantitative estimate of drug-likeness (QED) is 0.853. The number of fused-ring (bicyclic) bond motifs is 1. The molecule has 0 aliphatic carbocycles. The molecule has 2 N–H and O–H groups in total. The van der Waals surface area contributed by atoms with Crippen LogP contribution in [0.3, 0.4) is 0 Å². The van der Waals surface area contributed by atoms with Crippen LogP contribution in [0.4, 0.5) is 0 Å². The molecule has 0 unspecified atom stereocenters. The van der Waals surface area contributed by atoms with E-state index in [1.807, 2.05) is 13.1 Å². The minimum Gasteiger partial charge on any atom is -0.312 e. The molecule has 0 aliphatic heterocycles. The van der Waals surface area contributed by atoms with Gasteiger partial charge < -0.3 is 5.32 Å². The zero-order valence-corrected chi connectivity index (χ0v) is 11.0. The maximum atomic E-state index is 4.41. The lowest BCUT2D eigenvalue weighted by Gasteiger charge is -2.20. The molecule has 0 aromatic carbocycles. The summed E-state index contributed by atoms with van der Waals surface area (Å²) in [4.78, 5) is 4.41. The first-order valence-corrected chi connectivity index (χ1v) is 6.00. The van der Waals surface area contributed by atoms with Gasteiger partial charge in [-0.15, -0.1) is 0 Å². The van der Waals surface area contributed by atoms with E-state index in [0.29, 0.717) is 0 Å². The Hall–Kier alpha value is -1.42. The lowest BCUT2D eigenvalue weighted by molar-refractivity contribution is 0.430. The van der Waals surface area contributed by atoms with Crippen molar-refractivity contribution in [2.75, 3.05) is 6.54 Å². The molecule has 0 radical (unpaired) electrons. The Morgan fingerprint density at radius 2 is 2.12 bits per heavy atom. The predicted molar refractivity (Wildman–Crippen MR) is 70.1 cm³/mol. The lowest BCUT2D eigenvalue weighted by atomic mass is 10.1. The number of aromatic nitrogens is 3. The second kappa shape index (κ2) is 4.45. The average molecular weight is 232 g/mol. The highest BCUT2D eigenvalue weighted by molar-refractivity contribution is 5.78. The van der Waals surface area contributed by atoms with Crippen LogP contribution in [0.2, 0.25) is 0 Å². The van der Waals surface area contributed by atoms with Crippen LogP contribution in [-0.2, 0) is 6.42 Å². The Balaban J connectivity index is 2.15. The molecule has 4 nitrogen and oxygen atoms in total. The average Bonchev–Trinajstić information content (AvgIpc) is 2.63. The summed E-state index contributed by atoms with van der Waals surface area (Å²) < 4.78 is 0. The topological polar surface area (TPSA) is 53.6 Å². The van der Waals surface area contributed by atoms with E-state index in [9.17, 15) is 0 Å². The molecule has 0 amide bonds. The Kier molecular flexibility index (Phi) is 3.15. The Morgan fingerprint density at radius 3 is 2.82 bits per heavy atom. The fraction of sp³-hybridized carbons (Fsp3) is 0.538. The van der Waals surface area contributed by atoms with Crippen LogP contribution >= 0.6 is 0 Å². The van der Waals surface area contributed by atoms with Crippen LogP contribution in [0.25, 0.3) is 11.0 Å². The largest absolute Gasteiger partial charge is 0.312 e. The molecule has 0 saturated carbocycles. The second-order valence-electron chi connectivity index (χ2n) is 5.48. The first-order chi connectivity index (χ1) is 7.96. The van der Waals surface area contributed by atoms with Crippen molar-refractivity contribution in [2.45, 2.75) is 39.7 Å². The number of hydrogen-bond donors (Lipinski definition) is 2. The van der Waals surface area contributed by atoms with Crippen LogP contribution in [-0.4, -0.2) is 27.3 Å². The fourth-order valence-corrected chi connectivity index (χ4v) is 1.92. The number of hydrogen-bond acceptors (Lipinski definition) is 3. The smallest absolute Gasteiger partial charge is 0.155 e. The van der Waals surface area contributed by atoms with Crippen LogP contribution < -0.4 is 5.32 Å². The van der Waals surface area contributed by atoms with Gasteiger partial charge in [0.25, 0.3) is 0 Å². The molecule has 0 fully saturated rings. The van der Waals surface area contributed by atoms with E-state index in [2.05, 4.69) is 47.3 Å². The minimum absolute atomic E-state index is 0.164. The standard InChI is InChI=1S/C13H20N4/c1-9-7-10(5-6-14-13(2,3)4)11-8-15-17-12(11)16-9/h7-8,14H,5-6H2,1-4H3,(H,15,16,17). The number of nitrogens with zero attached hydrogens (tertiary/aromatic N) is 2. The van der Waals surface area contributed by atoms with Gasteiger partial charge in [-0.25, -0.2) is 4.98 Å². The molecule has 4 heteroatoms. The van der Waals surface area contributed by atoms with Gasteiger partial charge in [0.05, 0.1) is 6.20 Å². The van der Waals surface area contributed by atoms with Crippen molar-refractivity contribution in [3.05, 3.63) is 23.5 Å². The highest BCUT2D eigenvalue weighted by Gasteiger charge is 2.10. The van der Waals surface area contributed by atoms with Crippen molar-refractivity contribution in [2.24, 2.45) is 0 Å². The maximum absolute atomic E-state index is 4.41. The first-order valence-electron chi connectivity index (χ1n) is 6.00. The van der Waals surface area contributed by atoms with Gasteiger partial charge in [0.1, 0.15) is 0 Å². The third-order valence-electron chi connectivity index (χ3n) is 2.69.